The summed E-state index contributed by atoms with van der Waals surface area (Å²) in [5, 5.41) is 11.4. The minimum atomic E-state index is -0.609. The highest BCUT2D eigenvalue weighted by atomic mass is 16.6. The normalized spacial score (nSPS) is 50.6. The van der Waals surface area contributed by atoms with Crippen LogP contribution in [0.4, 0.5) is 0 Å². The molecule has 4 unspecified atom stereocenters. The van der Waals surface area contributed by atoms with Crippen LogP contribution in [0.15, 0.2) is 11.6 Å². The van der Waals surface area contributed by atoms with Gasteiger partial charge in [0.2, 0.25) is 0 Å². The molecular formula is C19H29NO5. The zero-order chi connectivity index (χ0) is 18.2. The smallest absolute Gasteiger partial charge is 0.302 e. The quantitative estimate of drug-likeness (QED) is 0.467. The highest BCUT2D eigenvalue weighted by Gasteiger charge is 2.84. The Hall–Kier alpha value is -0.950. The highest BCUT2D eigenvalue weighted by Crippen LogP contribution is 2.71. The van der Waals surface area contributed by atoms with Crippen LogP contribution >= 0.6 is 0 Å². The second-order valence-electron chi connectivity index (χ2n) is 8.71. The van der Waals surface area contributed by atoms with E-state index in [1.54, 1.807) is 0 Å². The van der Waals surface area contributed by atoms with Crippen molar-refractivity contribution in [2.45, 2.75) is 63.6 Å². The number of carbonyl (C=O) groups is 1. The molecule has 4 rings (SSSR count). The molecule has 0 aromatic rings. The number of allylic oxidation sites excluding steroid dienone is 1. The lowest BCUT2D eigenvalue weighted by molar-refractivity contribution is -0.230. The molecule has 2 aliphatic carbocycles. The number of carbonyl (C=O) groups excluding carboxylic acids is 1. The summed E-state index contributed by atoms with van der Waals surface area (Å²) in [5.74, 6) is -0.299. The van der Waals surface area contributed by atoms with Gasteiger partial charge in [-0.05, 0) is 33.9 Å². The summed E-state index contributed by atoms with van der Waals surface area (Å²) in [6.45, 7) is 6.51. The molecule has 0 radical (unpaired) electrons. The molecular weight excluding hydrogens is 322 g/mol. The van der Waals surface area contributed by atoms with E-state index in [4.69, 9.17) is 14.2 Å². The lowest BCUT2D eigenvalue weighted by Crippen LogP contribution is -2.66. The molecule has 2 bridgehead atoms. The van der Waals surface area contributed by atoms with Crippen LogP contribution in [-0.2, 0) is 19.0 Å². The van der Waals surface area contributed by atoms with Gasteiger partial charge in [-0.2, -0.15) is 0 Å². The van der Waals surface area contributed by atoms with Crippen molar-refractivity contribution < 1.29 is 24.1 Å². The fraction of sp³-hybridized carbons (Fsp3) is 0.842. The molecule has 0 aromatic carbocycles. The van der Waals surface area contributed by atoms with Crippen LogP contribution in [-0.4, -0.2) is 73.2 Å². The van der Waals surface area contributed by atoms with Crippen LogP contribution in [0.25, 0.3) is 0 Å². The van der Waals surface area contributed by atoms with E-state index in [1.165, 1.54) is 12.5 Å². The summed E-state index contributed by atoms with van der Waals surface area (Å²) in [6, 6.07) is -0.138. The van der Waals surface area contributed by atoms with Gasteiger partial charge < -0.3 is 24.2 Å². The summed E-state index contributed by atoms with van der Waals surface area (Å²) in [7, 11) is 3.95. The van der Waals surface area contributed by atoms with Gasteiger partial charge in [-0.1, -0.05) is 18.6 Å². The molecule has 3 fully saturated rings. The van der Waals surface area contributed by atoms with Crippen molar-refractivity contribution in [1.29, 1.82) is 0 Å². The predicted molar refractivity (Wildman–Crippen MR) is 91.0 cm³/mol. The van der Waals surface area contributed by atoms with Crippen LogP contribution in [0, 0.1) is 10.8 Å². The SMILES string of the molecule is CC(=O)OC[C@]12CCC(C)=CC1OC1[C@H](N(C)C)[C@@H](O)C2(C)C12CO2. The number of ether oxygens (including phenoxy) is 3. The van der Waals surface area contributed by atoms with Gasteiger partial charge in [0.05, 0.1) is 24.9 Å². The average molecular weight is 351 g/mol. The van der Waals surface area contributed by atoms with Crippen LogP contribution in [0.2, 0.25) is 0 Å². The van der Waals surface area contributed by atoms with Gasteiger partial charge in [-0.15, -0.1) is 0 Å². The maximum atomic E-state index is 11.6. The lowest BCUT2D eigenvalue weighted by atomic mass is 9.51. The van der Waals surface area contributed by atoms with Crippen LogP contribution < -0.4 is 0 Å². The number of hydrogen-bond donors (Lipinski definition) is 1. The number of fused-ring (bicyclic) bond motifs is 2. The van der Waals surface area contributed by atoms with Gasteiger partial charge in [0.1, 0.15) is 18.3 Å². The molecule has 2 aliphatic heterocycles. The van der Waals surface area contributed by atoms with E-state index in [0.717, 1.165) is 12.8 Å². The molecule has 1 N–H and O–H groups in total. The number of aliphatic hydroxyl groups is 1. The van der Waals surface area contributed by atoms with Crippen molar-refractivity contribution in [1.82, 2.24) is 4.90 Å². The molecule has 1 spiro atoms. The molecule has 6 heteroatoms. The predicted octanol–water partition coefficient (Wildman–Crippen LogP) is 1.12. The largest absolute Gasteiger partial charge is 0.465 e. The molecule has 0 amide bonds. The Morgan fingerprint density at radius 1 is 1.48 bits per heavy atom. The number of hydrogen-bond acceptors (Lipinski definition) is 6. The van der Waals surface area contributed by atoms with E-state index in [2.05, 4.69) is 19.9 Å². The number of likely N-dealkylation sites (N-methyl/N-ethyl adjacent to an activating group) is 1. The maximum absolute atomic E-state index is 11.6. The van der Waals surface area contributed by atoms with Gasteiger partial charge in [-0.3, -0.25) is 4.79 Å². The van der Waals surface area contributed by atoms with E-state index < -0.39 is 22.5 Å². The second kappa shape index (κ2) is 5.28. The third-order valence-electron chi connectivity index (χ3n) is 7.42. The zero-order valence-electron chi connectivity index (χ0n) is 15.7. The summed E-state index contributed by atoms with van der Waals surface area (Å²) in [6.07, 6.45) is 2.93. The van der Waals surface area contributed by atoms with Gasteiger partial charge in [-0.25, -0.2) is 0 Å². The minimum Gasteiger partial charge on any atom is -0.465 e. The fourth-order valence-electron chi connectivity index (χ4n) is 5.81. The van der Waals surface area contributed by atoms with Crippen molar-refractivity contribution in [2.75, 3.05) is 27.3 Å². The first-order chi connectivity index (χ1) is 11.7. The van der Waals surface area contributed by atoms with Crippen LogP contribution in [0.3, 0.4) is 0 Å². The number of esters is 1. The van der Waals surface area contributed by atoms with E-state index in [-0.39, 0.29) is 30.8 Å². The molecule has 7 atom stereocenters. The summed E-state index contributed by atoms with van der Waals surface area (Å²) < 4.78 is 18.1. The first kappa shape index (κ1) is 17.5. The molecule has 2 heterocycles. The van der Waals surface area contributed by atoms with Crippen molar-refractivity contribution in [3.8, 4) is 0 Å². The molecule has 0 aromatic heterocycles. The van der Waals surface area contributed by atoms with Crippen molar-refractivity contribution in [2.24, 2.45) is 10.8 Å². The molecule has 1 saturated carbocycles. The standard InChI is InChI=1S/C19H29NO5/c1-11-6-7-18(9-23-12(2)21)13(8-11)25-16-14(20(4)5)15(22)17(18,3)19(16)10-24-19/h8,13-16,22H,6-7,9-10H2,1-5H3/t13?,14-,15-,16?,17?,18-,19?/m1/s1. The zero-order valence-corrected chi connectivity index (χ0v) is 15.7. The highest BCUT2D eigenvalue weighted by molar-refractivity contribution is 5.66. The lowest BCUT2D eigenvalue weighted by Gasteiger charge is -2.58. The number of nitrogens with zero attached hydrogens (tertiary/aromatic N) is 1. The third-order valence-corrected chi connectivity index (χ3v) is 7.42. The second-order valence-corrected chi connectivity index (χ2v) is 8.71. The van der Waals surface area contributed by atoms with E-state index >= 15 is 0 Å². The number of rotatable bonds is 3. The Morgan fingerprint density at radius 2 is 2.16 bits per heavy atom. The summed E-state index contributed by atoms with van der Waals surface area (Å²) in [5.41, 5.74) is -0.211. The van der Waals surface area contributed by atoms with Crippen molar-refractivity contribution in [3.05, 3.63) is 11.6 Å². The number of aliphatic hydroxyl groups excluding tert-OH is 1. The Kier molecular flexibility index (Phi) is 3.69. The molecule has 6 nitrogen and oxygen atoms in total. The Labute approximate surface area is 149 Å². The van der Waals surface area contributed by atoms with Crippen molar-refractivity contribution >= 4 is 5.97 Å². The van der Waals surface area contributed by atoms with Gasteiger partial charge in [0.25, 0.3) is 0 Å². The van der Waals surface area contributed by atoms with E-state index in [0.29, 0.717) is 6.61 Å². The topological polar surface area (TPSA) is 71.5 Å². The first-order valence-electron chi connectivity index (χ1n) is 9.14. The Morgan fingerprint density at radius 3 is 2.72 bits per heavy atom. The van der Waals surface area contributed by atoms with E-state index in [9.17, 15) is 9.90 Å². The molecule has 140 valence electrons. The summed E-state index contributed by atoms with van der Waals surface area (Å²) >= 11 is 0. The molecule has 25 heavy (non-hydrogen) atoms. The van der Waals surface area contributed by atoms with E-state index in [1.807, 2.05) is 19.0 Å². The number of epoxide rings is 1. The first-order valence-corrected chi connectivity index (χ1v) is 9.14. The Bertz CT molecular complexity index is 627. The van der Waals surface area contributed by atoms with Crippen LogP contribution in [0.5, 0.6) is 0 Å². The monoisotopic (exact) mass is 351 g/mol. The van der Waals surface area contributed by atoms with Gasteiger partial charge in [0, 0.05) is 17.8 Å². The van der Waals surface area contributed by atoms with Gasteiger partial charge in [0.15, 0.2) is 0 Å². The fourth-order valence-corrected chi connectivity index (χ4v) is 5.81. The molecule has 2 saturated heterocycles. The van der Waals surface area contributed by atoms with Crippen molar-refractivity contribution in [3.63, 3.8) is 0 Å². The van der Waals surface area contributed by atoms with Gasteiger partial charge >= 0.3 is 5.97 Å². The van der Waals surface area contributed by atoms with Crippen LogP contribution in [0.1, 0.15) is 33.6 Å². The maximum Gasteiger partial charge on any atom is 0.302 e. The minimum absolute atomic E-state index is 0.138. The summed E-state index contributed by atoms with van der Waals surface area (Å²) in [4.78, 5) is 13.6. The Balaban J connectivity index is 1.85. The molecule has 4 aliphatic rings. The average Bonchev–Trinajstić information content (AvgIpc) is 3.30. The third kappa shape index (κ3) is 1.97.